The van der Waals surface area contributed by atoms with Crippen LogP contribution in [0.25, 0.3) is 0 Å². The molecule has 0 amide bonds. The molecule has 1 aliphatic carbocycles. The van der Waals surface area contributed by atoms with Gasteiger partial charge in [-0.1, -0.05) is 15.9 Å². The molecule has 86 valence electrons. The number of hydrogen-bond donors (Lipinski definition) is 2. The Balaban J connectivity index is 0.00000128. The van der Waals surface area contributed by atoms with Crippen molar-refractivity contribution in [2.75, 3.05) is 0 Å². The van der Waals surface area contributed by atoms with Gasteiger partial charge in [-0.3, -0.25) is 0 Å². The van der Waals surface area contributed by atoms with Crippen LogP contribution in [0.2, 0.25) is 0 Å². The fourth-order valence-corrected chi connectivity index (χ4v) is 2.27. The number of hydrogen-bond acceptors (Lipinski definition) is 3. The van der Waals surface area contributed by atoms with Gasteiger partial charge >= 0.3 is 0 Å². The van der Waals surface area contributed by atoms with Crippen molar-refractivity contribution in [2.24, 2.45) is 11.7 Å². The van der Waals surface area contributed by atoms with E-state index in [4.69, 9.17) is 11.0 Å². The van der Waals surface area contributed by atoms with Crippen LogP contribution in [0.1, 0.15) is 30.0 Å². The van der Waals surface area contributed by atoms with Crippen LogP contribution < -0.4 is 5.73 Å². The van der Waals surface area contributed by atoms with E-state index in [1.807, 2.05) is 6.07 Å². The summed E-state index contributed by atoms with van der Waals surface area (Å²) in [6.45, 7) is 0. The maximum atomic E-state index is 9.88. The van der Waals surface area contributed by atoms with Crippen LogP contribution in [0.4, 0.5) is 0 Å². The lowest BCUT2D eigenvalue weighted by Crippen LogP contribution is -2.13. The van der Waals surface area contributed by atoms with Gasteiger partial charge < -0.3 is 10.8 Å². The molecule has 5 heteroatoms. The molecule has 0 aliphatic heterocycles. The first-order valence-electron chi connectivity index (χ1n) is 4.82. The third kappa shape index (κ3) is 2.32. The fourth-order valence-electron chi connectivity index (χ4n) is 1.68. The van der Waals surface area contributed by atoms with Crippen LogP contribution in [-0.4, -0.2) is 5.11 Å². The van der Waals surface area contributed by atoms with Crippen molar-refractivity contribution in [2.45, 2.75) is 18.9 Å². The molecular formula is C11H12BrClN2O. The predicted octanol–water partition coefficient (Wildman–Crippen LogP) is 2.86. The number of rotatable bonds is 2. The Labute approximate surface area is 109 Å². The topological polar surface area (TPSA) is 70.0 Å². The predicted molar refractivity (Wildman–Crippen MR) is 67.4 cm³/mol. The molecule has 0 aromatic heterocycles. The lowest BCUT2D eigenvalue weighted by Gasteiger charge is -2.15. The number of nitrogens with zero attached hydrogens (tertiary/aromatic N) is 1. The molecule has 0 heterocycles. The highest BCUT2D eigenvalue weighted by molar-refractivity contribution is 9.10. The normalized spacial score (nSPS) is 16.1. The minimum Gasteiger partial charge on any atom is -0.506 e. The highest BCUT2D eigenvalue weighted by atomic mass is 79.9. The zero-order valence-electron chi connectivity index (χ0n) is 8.48. The van der Waals surface area contributed by atoms with E-state index in [1.165, 1.54) is 0 Å². The number of phenolic OH excluding ortho intramolecular Hbond substituents is 1. The molecule has 3 nitrogen and oxygen atoms in total. The quantitative estimate of drug-likeness (QED) is 0.882. The smallest absolute Gasteiger partial charge is 0.139 e. The van der Waals surface area contributed by atoms with Gasteiger partial charge in [0.05, 0.1) is 5.56 Å². The lowest BCUT2D eigenvalue weighted by atomic mass is 10.00. The minimum absolute atomic E-state index is 0. The molecule has 0 saturated heterocycles. The second-order valence-corrected chi connectivity index (χ2v) is 4.69. The van der Waals surface area contributed by atoms with Crippen molar-refractivity contribution in [3.63, 3.8) is 0 Å². The molecule has 1 aromatic rings. The Morgan fingerprint density at radius 1 is 1.50 bits per heavy atom. The first-order chi connectivity index (χ1) is 7.15. The van der Waals surface area contributed by atoms with Gasteiger partial charge in [-0.05, 0) is 30.9 Å². The molecular weight excluding hydrogens is 291 g/mol. The molecule has 0 unspecified atom stereocenters. The van der Waals surface area contributed by atoms with Gasteiger partial charge in [0.15, 0.2) is 0 Å². The summed E-state index contributed by atoms with van der Waals surface area (Å²) in [5.74, 6) is 0.465. The van der Waals surface area contributed by atoms with Gasteiger partial charge in [-0.25, -0.2) is 0 Å². The van der Waals surface area contributed by atoms with E-state index in [9.17, 15) is 5.11 Å². The van der Waals surface area contributed by atoms with E-state index in [0.717, 1.165) is 17.3 Å². The lowest BCUT2D eigenvalue weighted by molar-refractivity contribution is 0.453. The Bertz CT molecular complexity index is 440. The summed E-state index contributed by atoms with van der Waals surface area (Å²) in [6.07, 6.45) is 2.20. The summed E-state index contributed by atoms with van der Waals surface area (Å²) in [5, 5.41) is 18.7. The number of aromatic hydroxyl groups is 1. The molecule has 0 bridgehead atoms. The number of benzene rings is 1. The van der Waals surface area contributed by atoms with Crippen LogP contribution in [-0.2, 0) is 0 Å². The largest absolute Gasteiger partial charge is 0.506 e. The molecule has 1 fully saturated rings. The average molecular weight is 304 g/mol. The third-order valence-electron chi connectivity index (χ3n) is 2.75. The SMILES string of the molecule is Cl.N#Cc1ccc(Br)c([C@@H](N)C2CC2)c1O. The number of nitriles is 1. The van der Waals surface area contributed by atoms with Crippen LogP contribution in [0.3, 0.4) is 0 Å². The van der Waals surface area contributed by atoms with Gasteiger partial charge in [0.25, 0.3) is 0 Å². The zero-order chi connectivity index (χ0) is 11.0. The summed E-state index contributed by atoms with van der Waals surface area (Å²) in [6, 6.07) is 5.12. The Kier molecular flexibility index (Phi) is 4.20. The van der Waals surface area contributed by atoms with Crippen molar-refractivity contribution in [3.05, 3.63) is 27.7 Å². The van der Waals surface area contributed by atoms with E-state index in [0.29, 0.717) is 11.5 Å². The van der Waals surface area contributed by atoms with Crippen molar-refractivity contribution < 1.29 is 5.11 Å². The molecule has 1 aromatic carbocycles. The van der Waals surface area contributed by atoms with Crippen molar-refractivity contribution >= 4 is 28.3 Å². The second kappa shape index (κ2) is 5.05. The minimum atomic E-state index is -0.173. The van der Waals surface area contributed by atoms with E-state index in [1.54, 1.807) is 12.1 Å². The Morgan fingerprint density at radius 3 is 2.62 bits per heavy atom. The van der Waals surface area contributed by atoms with Gasteiger partial charge in [-0.15, -0.1) is 12.4 Å². The van der Waals surface area contributed by atoms with Gasteiger partial charge in [-0.2, -0.15) is 5.26 Å². The van der Waals surface area contributed by atoms with Crippen molar-refractivity contribution in [3.8, 4) is 11.8 Å². The molecule has 3 N–H and O–H groups in total. The summed E-state index contributed by atoms with van der Waals surface area (Å²) < 4.78 is 0.776. The summed E-state index contributed by atoms with van der Waals surface area (Å²) in [5.41, 5.74) is 6.97. The van der Waals surface area contributed by atoms with Crippen LogP contribution in [0, 0.1) is 17.2 Å². The van der Waals surface area contributed by atoms with E-state index in [2.05, 4.69) is 15.9 Å². The maximum absolute atomic E-state index is 9.88. The fraction of sp³-hybridized carbons (Fsp3) is 0.364. The molecule has 2 rings (SSSR count). The van der Waals surface area contributed by atoms with E-state index < -0.39 is 0 Å². The number of phenols is 1. The Morgan fingerprint density at radius 2 is 2.12 bits per heavy atom. The van der Waals surface area contributed by atoms with Crippen LogP contribution >= 0.6 is 28.3 Å². The summed E-state index contributed by atoms with van der Waals surface area (Å²) >= 11 is 3.36. The van der Waals surface area contributed by atoms with Gasteiger partial charge in [0.2, 0.25) is 0 Å². The Hall–Kier alpha value is -0.760. The number of nitrogens with two attached hydrogens (primary N) is 1. The molecule has 1 aliphatic rings. The van der Waals surface area contributed by atoms with Crippen LogP contribution in [0.5, 0.6) is 5.75 Å². The van der Waals surface area contributed by atoms with Crippen molar-refractivity contribution in [1.82, 2.24) is 0 Å². The third-order valence-corrected chi connectivity index (χ3v) is 3.44. The standard InChI is InChI=1S/C11H11BrN2O.ClH/c12-8-4-3-7(5-13)11(15)9(8)10(14)6-1-2-6;/h3-4,6,10,15H,1-2,14H2;1H/t10-;/m0./s1. The highest BCUT2D eigenvalue weighted by Crippen LogP contribution is 2.45. The van der Waals surface area contributed by atoms with E-state index in [-0.39, 0.29) is 29.8 Å². The van der Waals surface area contributed by atoms with Gasteiger partial charge in [0.1, 0.15) is 11.8 Å². The molecule has 0 spiro atoms. The number of halogens is 2. The summed E-state index contributed by atoms with van der Waals surface area (Å²) in [7, 11) is 0. The first-order valence-corrected chi connectivity index (χ1v) is 5.61. The maximum Gasteiger partial charge on any atom is 0.139 e. The van der Waals surface area contributed by atoms with E-state index >= 15 is 0 Å². The van der Waals surface area contributed by atoms with Crippen LogP contribution in [0.15, 0.2) is 16.6 Å². The summed E-state index contributed by atoms with van der Waals surface area (Å²) in [4.78, 5) is 0. The molecule has 0 radical (unpaired) electrons. The monoisotopic (exact) mass is 302 g/mol. The van der Waals surface area contributed by atoms with Gasteiger partial charge in [0, 0.05) is 16.1 Å². The second-order valence-electron chi connectivity index (χ2n) is 3.83. The molecule has 1 saturated carbocycles. The molecule has 16 heavy (non-hydrogen) atoms. The van der Waals surface area contributed by atoms with Crippen molar-refractivity contribution in [1.29, 1.82) is 5.26 Å². The average Bonchev–Trinajstić information content (AvgIpc) is 3.01. The zero-order valence-corrected chi connectivity index (χ0v) is 10.9. The highest BCUT2D eigenvalue weighted by Gasteiger charge is 2.32. The first kappa shape index (κ1) is 13.3. The molecule has 1 atom stereocenters.